The van der Waals surface area contributed by atoms with Gasteiger partial charge in [-0.25, -0.2) is 4.98 Å². The average Bonchev–Trinajstić information content (AvgIpc) is 2.99. The number of fused-ring (bicyclic) bond motifs is 1. The molecular formula is C13H15N3S2. The van der Waals surface area contributed by atoms with Gasteiger partial charge in [-0.3, -0.25) is 4.40 Å². The van der Waals surface area contributed by atoms with Gasteiger partial charge in [-0.05, 0) is 30.9 Å². The van der Waals surface area contributed by atoms with Crippen molar-refractivity contribution in [1.82, 2.24) is 14.7 Å². The van der Waals surface area contributed by atoms with E-state index < -0.39 is 0 Å². The number of nitrogens with one attached hydrogen (secondary N) is 1. The first-order chi connectivity index (χ1) is 8.75. The minimum atomic E-state index is 0.862. The van der Waals surface area contributed by atoms with Crippen molar-refractivity contribution in [2.75, 3.05) is 0 Å². The van der Waals surface area contributed by atoms with Crippen LogP contribution in [-0.2, 0) is 13.1 Å². The third-order valence-electron chi connectivity index (χ3n) is 3.11. The fraction of sp³-hybridized carbons (Fsp3) is 0.308. The molecule has 0 aliphatic rings. The van der Waals surface area contributed by atoms with Crippen LogP contribution in [0.15, 0.2) is 23.0 Å². The first-order valence-electron chi connectivity index (χ1n) is 5.90. The van der Waals surface area contributed by atoms with Crippen LogP contribution in [0.2, 0.25) is 0 Å². The zero-order valence-electron chi connectivity index (χ0n) is 10.4. The van der Waals surface area contributed by atoms with E-state index in [9.17, 15) is 0 Å². The maximum atomic E-state index is 4.55. The summed E-state index contributed by atoms with van der Waals surface area (Å²) < 4.78 is 2.17. The maximum Gasteiger partial charge on any atom is 0.194 e. The number of aromatic nitrogens is 2. The van der Waals surface area contributed by atoms with Crippen LogP contribution < -0.4 is 5.32 Å². The van der Waals surface area contributed by atoms with E-state index in [4.69, 9.17) is 0 Å². The molecule has 0 fully saturated rings. The highest BCUT2D eigenvalue weighted by atomic mass is 32.1. The van der Waals surface area contributed by atoms with Crippen molar-refractivity contribution in [2.24, 2.45) is 0 Å². The van der Waals surface area contributed by atoms with Gasteiger partial charge in [0, 0.05) is 29.5 Å². The summed E-state index contributed by atoms with van der Waals surface area (Å²) in [4.78, 5) is 7.05. The van der Waals surface area contributed by atoms with Crippen molar-refractivity contribution in [3.63, 3.8) is 0 Å². The first-order valence-corrected chi connectivity index (χ1v) is 7.66. The van der Waals surface area contributed by atoms with Crippen LogP contribution in [0.1, 0.15) is 21.8 Å². The molecule has 3 aromatic rings. The van der Waals surface area contributed by atoms with E-state index in [2.05, 4.69) is 51.6 Å². The van der Waals surface area contributed by atoms with E-state index in [1.165, 1.54) is 16.1 Å². The molecule has 0 aromatic carbocycles. The van der Waals surface area contributed by atoms with Crippen molar-refractivity contribution in [3.8, 4) is 0 Å². The summed E-state index contributed by atoms with van der Waals surface area (Å²) >= 11 is 3.50. The Kier molecular flexibility index (Phi) is 3.20. The van der Waals surface area contributed by atoms with Crippen LogP contribution in [0.5, 0.6) is 0 Å². The monoisotopic (exact) mass is 277 g/mol. The summed E-state index contributed by atoms with van der Waals surface area (Å²) in [5, 5.41) is 7.73. The molecule has 0 bridgehead atoms. The van der Waals surface area contributed by atoms with Crippen LogP contribution in [0.3, 0.4) is 0 Å². The maximum absolute atomic E-state index is 4.55. The molecule has 3 rings (SSSR count). The van der Waals surface area contributed by atoms with Crippen molar-refractivity contribution < 1.29 is 0 Å². The van der Waals surface area contributed by atoms with Gasteiger partial charge in [0.25, 0.3) is 0 Å². The molecule has 3 aromatic heterocycles. The van der Waals surface area contributed by atoms with Gasteiger partial charge in [-0.2, -0.15) is 0 Å². The number of aryl methyl sites for hydroxylation is 2. The summed E-state index contributed by atoms with van der Waals surface area (Å²) in [6.45, 7) is 6.03. The van der Waals surface area contributed by atoms with Crippen LogP contribution in [0.25, 0.3) is 4.96 Å². The highest BCUT2D eigenvalue weighted by Gasteiger charge is 2.09. The quantitative estimate of drug-likeness (QED) is 0.792. The third kappa shape index (κ3) is 2.09. The Morgan fingerprint density at radius 3 is 2.89 bits per heavy atom. The summed E-state index contributed by atoms with van der Waals surface area (Å²) in [5.74, 6) is 0. The molecule has 18 heavy (non-hydrogen) atoms. The molecule has 0 amide bonds. The van der Waals surface area contributed by atoms with Crippen molar-refractivity contribution in [1.29, 1.82) is 0 Å². The smallest absolute Gasteiger partial charge is 0.194 e. The van der Waals surface area contributed by atoms with Crippen LogP contribution in [0.4, 0.5) is 0 Å². The van der Waals surface area contributed by atoms with E-state index in [0.29, 0.717) is 0 Å². The van der Waals surface area contributed by atoms with E-state index in [-0.39, 0.29) is 0 Å². The molecule has 0 saturated heterocycles. The van der Waals surface area contributed by atoms with E-state index in [1.807, 2.05) is 11.3 Å². The van der Waals surface area contributed by atoms with Crippen LogP contribution in [0, 0.1) is 13.8 Å². The molecule has 0 saturated carbocycles. The number of thiophene rings is 1. The second-order valence-electron chi connectivity index (χ2n) is 4.33. The van der Waals surface area contributed by atoms with Gasteiger partial charge in [0.2, 0.25) is 0 Å². The Bertz CT molecular complexity index is 663. The Hall–Kier alpha value is -1.17. The number of hydrogen-bond acceptors (Lipinski definition) is 4. The fourth-order valence-corrected chi connectivity index (χ4v) is 3.69. The standard InChI is InChI=1S/C13H15N3S2/c1-9-3-5-17-12(9)8-14-7-11-10(2)15-13-16(11)4-6-18-13/h3-6,14H,7-8H2,1-2H3. The number of thiazole rings is 1. The van der Waals surface area contributed by atoms with Gasteiger partial charge in [0.05, 0.1) is 11.4 Å². The number of hydrogen-bond donors (Lipinski definition) is 1. The van der Waals surface area contributed by atoms with Gasteiger partial charge in [-0.15, -0.1) is 22.7 Å². The summed E-state index contributed by atoms with van der Waals surface area (Å²) in [6, 6.07) is 2.17. The normalized spacial score (nSPS) is 11.4. The molecule has 0 atom stereocenters. The molecule has 0 radical (unpaired) electrons. The molecule has 1 N–H and O–H groups in total. The number of nitrogens with zero attached hydrogens (tertiary/aromatic N) is 2. The topological polar surface area (TPSA) is 29.3 Å². The third-order valence-corrected chi connectivity index (χ3v) is 4.89. The molecule has 0 unspecified atom stereocenters. The average molecular weight is 277 g/mol. The molecular weight excluding hydrogens is 262 g/mol. The second kappa shape index (κ2) is 4.84. The lowest BCUT2D eigenvalue weighted by molar-refractivity contribution is 0.677. The SMILES string of the molecule is Cc1ccsc1CNCc1c(C)nc2sccn12. The Morgan fingerprint density at radius 1 is 1.22 bits per heavy atom. The van der Waals surface area contributed by atoms with Gasteiger partial charge in [-0.1, -0.05) is 0 Å². The summed E-state index contributed by atoms with van der Waals surface area (Å²) in [7, 11) is 0. The molecule has 5 heteroatoms. The highest BCUT2D eigenvalue weighted by molar-refractivity contribution is 7.15. The molecule has 0 aliphatic carbocycles. The Balaban J connectivity index is 1.71. The van der Waals surface area contributed by atoms with Crippen molar-refractivity contribution in [2.45, 2.75) is 26.9 Å². The van der Waals surface area contributed by atoms with E-state index in [1.54, 1.807) is 11.3 Å². The van der Waals surface area contributed by atoms with Crippen molar-refractivity contribution >= 4 is 27.6 Å². The predicted molar refractivity (Wildman–Crippen MR) is 77.4 cm³/mol. The lowest BCUT2D eigenvalue weighted by atomic mass is 10.3. The predicted octanol–water partition coefficient (Wildman–Crippen LogP) is 3.36. The van der Waals surface area contributed by atoms with E-state index in [0.717, 1.165) is 23.7 Å². The lowest BCUT2D eigenvalue weighted by Gasteiger charge is -2.04. The second-order valence-corrected chi connectivity index (χ2v) is 6.20. The largest absolute Gasteiger partial charge is 0.306 e. The van der Waals surface area contributed by atoms with Gasteiger partial charge in [0.1, 0.15) is 0 Å². The lowest BCUT2D eigenvalue weighted by Crippen LogP contribution is -2.14. The Labute approximate surface area is 114 Å². The molecule has 0 aliphatic heterocycles. The first kappa shape index (κ1) is 11.9. The van der Waals surface area contributed by atoms with Gasteiger partial charge >= 0.3 is 0 Å². The zero-order valence-corrected chi connectivity index (χ0v) is 12.1. The summed E-state index contributed by atoms with van der Waals surface area (Å²) in [5.41, 5.74) is 3.76. The fourth-order valence-electron chi connectivity index (χ4n) is 2.03. The van der Waals surface area contributed by atoms with Gasteiger partial charge < -0.3 is 5.32 Å². The molecule has 94 valence electrons. The molecule has 3 nitrogen and oxygen atoms in total. The minimum Gasteiger partial charge on any atom is -0.306 e. The number of rotatable bonds is 4. The van der Waals surface area contributed by atoms with Crippen LogP contribution in [-0.4, -0.2) is 9.38 Å². The highest BCUT2D eigenvalue weighted by Crippen LogP contribution is 2.18. The molecule has 3 heterocycles. The Morgan fingerprint density at radius 2 is 2.11 bits per heavy atom. The number of imidazole rings is 1. The zero-order chi connectivity index (χ0) is 12.5. The van der Waals surface area contributed by atoms with Crippen molar-refractivity contribution in [3.05, 3.63) is 44.9 Å². The van der Waals surface area contributed by atoms with E-state index >= 15 is 0 Å². The molecule has 0 spiro atoms. The minimum absolute atomic E-state index is 0.862. The summed E-state index contributed by atoms with van der Waals surface area (Å²) in [6.07, 6.45) is 2.09. The van der Waals surface area contributed by atoms with Gasteiger partial charge in [0.15, 0.2) is 4.96 Å². The van der Waals surface area contributed by atoms with Crippen LogP contribution >= 0.6 is 22.7 Å².